The zero-order chi connectivity index (χ0) is 37.9. The lowest BCUT2D eigenvalue weighted by molar-refractivity contribution is -0.192. The van der Waals surface area contributed by atoms with Crippen LogP contribution in [0.1, 0.15) is 43.7 Å². The molecule has 2 aliphatic rings. The molecule has 52 heavy (non-hydrogen) atoms. The van der Waals surface area contributed by atoms with Gasteiger partial charge in [-0.05, 0) is 35.6 Å². The third-order valence-electron chi connectivity index (χ3n) is 8.34. The van der Waals surface area contributed by atoms with Crippen molar-refractivity contribution in [1.29, 1.82) is 0 Å². The smallest absolute Gasteiger partial charge is 0.490 e. The number of nitrogens with two attached hydrogens (primary N) is 1. The Bertz CT molecular complexity index is 1440. The number of rotatable bonds is 14. The summed E-state index contributed by atoms with van der Waals surface area (Å²) >= 11 is 0. The number of halogens is 3. The van der Waals surface area contributed by atoms with Gasteiger partial charge in [0.15, 0.2) is 5.96 Å². The van der Waals surface area contributed by atoms with Crippen molar-refractivity contribution in [2.75, 3.05) is 79.4 Å². The molecular formula is C36H51F3N6O7. The van der Waals surface area contributed by atoms with Gasteiger partial charge in [0.2, 0.25) is 5.91 Å². The van der Waals surface area contributed by atoms with Crippen LogP contribution in [0.3, 0.4) is 0 Å². The van der Waals surface area contributed by atoms with Crippen LogP contribution in [0.25, 0.3) is 11.1 Å². The van der Waals surface area contributed by atoms with Crippen LogP contribution in [-0.2, 0) is 32.0 Å². The first-order valence-electron chi connectivity index (χ1n) is 17.5. The highest BCUT2D eigenvalue weighted by molar-refractivity contribution is 5.96. The number of ether oxygens (including phenoxy) is 3. The van der Waals surface area contributed by atoms with Crippen molar-refractivity contribution in [2.45, 2.75) is 51.7 Å². The average molecular weight is 737 g/mol. The molecule has 2 heterocycles. The number of aliphatic imine (C=N–C) groups is 1. The second kappa shape index (κ2) is 21.8. The first-order valence-corrected chi connectivity index (χ1v) is 17.5. The molecule has 0 unspecified atom stereocenters. The van der Waals surface area contributed by atoms with E-state index in [1.165, 1.54) is 5.56 Å². The van der Waals surface area contributed by atoms with E-state index in [9.17, 15) is 22.8 Å². The van der Waals surface area contributed by atoms with Gasteiger partial charge in [0.25, 0.3) is 0 Å². The number of unbranched alkanes of at least 4 members (excludes halogenated alkanes) is 1. The molecule has 0 radical (unpaired) electrons. The number of benzene rings is 2. The van der Waals surface area contributed by atoms with Gasteiger partial charge < -0.3 is 34.9 Å². The number of aliphatic carboxylic acids is 1. The SMILES string of the molecule is CCCCN=C(N)NC(=O)CCc1ccc(-c2ccc(CN3CCN(C(=O)N4CCOCC4)CC3)cc2)c(OCCCOC)c1.O=C(O)C(F)(F)F. The summed E-state index contributed by atoms with van der Waals surface area (Å²) in [4.78, 5) is 44.6. The first-order chi connectivity index (χ1) is 24.9. The Kier molecular flexibility index (Phi) is 17.6. The van der Waals surface area contributed by atoms with E-state index in [1.54, 1.807) is 7.11 Å². The fourth-order valence-electron chi connectivity index (χ4n) is 5.43. The minimum absolute atomic E-state index is 0.133. The number of carbonyl (C=O) groups excluding carboxylic acids is 2. The third-order valence-corrected chi connectivity index (χ3v) is 8.34. The fourth-order valence-corrected chi connectivity index (χ4v) is 5.43. The Morgan fingerprint density at radius 1 is 0.942 bits per heavy atom. The summed E-state index contributed by atoms with van der Waals surface area (Å²) in [5, 5.41) is 9.81. The van der Waals surface area contributed by atoms with Gasteiger partial charge in [-0.2, -0.15) is 13.2 Å². The van der Waals surface area contributed by atoms with E-state index < -0.39 is 12.1 Å². The number of hydrogen-bond donors (Lipinski definition) is 3. The van der Waals surface area contributed by atoms with Gasteiger partial charge in [0.1, 0.15) is 5.75 Å². The van der Waals surface area contributed by atoms with Crippen molar-refractivity contribution in [2.24, 2.45) is 10.7 Å². The standard InChI is InChI=1S/C34H50N6O5.C2HF3O2/c1-3-4-14-36-33(35)37-32(41)13-9-27-8-12-30(31(25-27)45-22-5-21-43-2)29-10-6-28(7-11-29)26-38-15-17-39(18-16-38)34(42)40-19-23-44-24-20-40;3-2(4,5)1(6)7/h6-8,10-12,25H,3-5,9,13-24,26H2,1-2H3,(H3,35,36,37,41);(H,6,7). The van der Waals surface area contributed by atoms with Gasteiger partial charge in [-0.1, -0.05) is 49.7 Å². The van der Waals surface area contributed by atoms with Gasteiger partial charge in [-0.15, -0.1) is 0 Å². The van der Waals surface area contributed by atoms with Crippen LogP contribution >= 0.6 is 0 Å². The third kappa shape index (κ3) is 14.7. The quantitative estimate of drug-likeness (QED) is 0.147. The number of hydrogen-bond acceptors (Lipinski definition) is 8. The number of morpholine rings is 1. The van der Waals surface area contributed by atoms with Crippen molar-refractivity contribution < 1.29 is 46.9 Å². The number of carboxylic acids is 1. The number of nitrogens with zero attached hydrogens (tertiary/aromatic N) is 4. The number of alkyl halides is 3. The minimum Gasteiger partial charge on any atom is -0.493 e. The number of carboxylic acid groups (broad SMARTS) is 1. The molecule has 4 N–H and O–H groups in total. The van der Waals surface area contributed by atoms with Crippen molar-refractivity contribution in [3.8, 4) is 16.9 Å². The lowest BCUT2D eigenvalue weighted by atomic mass is 9.99. The molecule has 0 aromatic heterocycles. The monoisotopic (exact) mass is 736 g/mol. The molecule has 288 valence electrons. The lowest BCUT2D eigenvalue weighted by Crippen LogP contribution is -2.54. The zero-order valence-electron chi connectivity index (χ0n) is 30.0. The summed E-state index contributed by atoms with van der Waals surface area (Å²) in [6, 6.07) is 14.9. The predicted octanol–water partition coefficient (Wildman–Crippen LogP) is 4.14. The summed E-state index contributed by atoms with van der Waals surface area (Å²) < 4.78 is 48.5. The molecule has 3 amide bonds. The number of urea groups is 1. The summed E-state index contributed by atoms with van der Waals surface area (Å²) in [6.45, 7) is 10.5. The van der Waals surface area contributed by atoms with Crippen LogP contribution in [0, 0.1) is 0 Å². The highest BCUT2D eigenvalue weighted by Gasteiger charge is 2.38. The summed E-state index contributed by atoms with van der Waals surface area (Å²) in [6.07, 6.45) is -1.47. The molecule has 2 aromatic carbocycles. The van der Waals surface area contributed by atoms with Crippen LogP contribution in [-0.4, -0.2) is 129 Å². The molecule has 2 saturated heterocycles. The van der Waals surface area contributed by atoms with E-state index in [4.69, 9.17) is 29.8 Å². The minimum atomic E-state index is -5.08. The normalized spacial score (nSPS) is 15.4. The van der Waals surface area contributed by atoms with Crippen LogP contribution in [0.2, 0.25) is 0 Å². The predicted molar refractivity (Wildman–Crippen MR) is 190 cm³/mol. The average Bonchev–Trinajstić information content (AvgIpc) is 3.13. The maximum Gasteiger partial charge on any atom is 0.490 e. The van der Waals surface area contributed by atoms with E-state index in [-0.39, 0.29) is 17.9 Å². The number of amides is 3. The van der Waals surface area contributed by atoms with E-state index in [2.05, 4.69) is 58.5 Å². The summed E-state index contributed by atoms with van der Waals surface area (Å²) in [5.74, 6) is -1.94. The van der Waals surface area contributed by atoms with E-state index in [1.807, 2.05) is 15.9 Å². The van der Waals surface area contributed by atoms with Gasteiger partial charge in [-0.25, -0.2) is 9.59 Å². The molecule has 0 aliphatic carbocycles. The molecular weight excluding hydrogens is 685 g/mol. The van der Waals surface area contributed by atoms with Crippen LogP contribution in [0.5, 0.6) is 5.75 Å². The number of carbonyl (C=O) groups is 3. The molecule has 4 rings (SSSR count). The van der Waals surface area contributed by atoms with Gasteiger partial charge >= 0.3 is 18.2 Å². The molecule has 0 saturated carbocycles. The van der Waals surface area contributed by atoms with Crippen LogP contribution in [0.15, 0.2) is 47.5 Å². The second-order valence-electron chi connectivity index (χ2n) is 12.3. The Balaban J connectivity index is 0.000000944. The topological polar surface area (TPSA) is 159 Å². The van der Waals surface area contributed by atoms with E-state index in [0.29, 0.717) is 58.9 Å². The number of methoxy groups -OCH3 is 1. The maximum absolute atomic E-state index is 12.8. The first kappa shape index (κ1) is 42.0. The lowest BCUT2D eigenvalue weighted by Gasteiger charge is -2.38. The molecule has 2 aliphatic heterocycles. The Hall–Kier alpha value is -4.41. The van der Waals surface area contributed by atoms with Gasteiger partial charge in [0, 0.05) is 84.5 Å². The van der Waals surface area contributed by atoms with Crippen molar-refractivity contribution in [3.63, 3.8) is 0 Å². The Morgan fingerprint density at radius 3 is 2.19 bits per heavy atom. The summed E-state index contributed by atoms with van der Waals surface area (Å²) in [5.41, 5.74) is 10.2. The van der Waals surface area contributed by atoms with E-state index >= 15 is 0 Å². The fraction of sp³-hybridized carbons (Fsp3) is 0.556. The highest BCUT2D eigenvalue weighted by Crippen LogP contribution is 2.32. The molecule has 2 fully saturated rings. The van der Waals surface area contributed by atoms with Crippen molar-refractivity contribution in [3.05, 3.63) is 53.6 Å². The van der Waals surface area contributed by atoms with Gasteiger partial charge in [-0.3, -0.25) is 20.0 Å². The number of guanidine groups is 1. The van der Waals surface area contributed by atoms with Crippen LogP contribution < -0.4 is 15.8 Å². The molecule has 0 spiro atoms. The molecule has 16 heteroatoms. The van der Waals surface area contributed by atoms with Gasteiger partial charge in [0.05, 0.1) is 19.8 Å². The largest absolute Gasteiger partial charge is 0.493 e. The van der Waals surface area contributed by atoms with Crippen molar-refractivity contribution in [1.82, 2.24) is 20.0 Å². The van der Waals surface area contributed by atoms with Crippen LogP contribution in [0.4, 0.5) is 18.0 Å². The highest BCUT2D eigenvalue weighted by atomic mass is 19.4. The van der Waals surface area contributed by atoms with Crippen molar-refractivity contribution >= 4 is 23.9 Å². The number of aryl methyl sites for hydroxylation is 1. The molecule has 2 aromatic rings. The maximum atomic E-state index is 12.8. The number of piperazine rings is 1. The number of nitrogens with one attached hydrogen (secondary N) is 1. The summed E-state index contributed by atoms with van der Waals surface area (Å²) in [7, 11) is 1.69. The zero-order valence-corrected chi connectivity index (χ0v) is 30.0. The molecule has 13 nitrogen and oxygen atoms in total. The Labute approximate surface area is 302 Å². The molecule has 0 bridgehead atoms. The Morgan fingerprint density at radius 2 is 1.58 bits per heavy atom. The second-order valence-corrected chi connectivity index (χ2v) is 12.3. The molecule has 0 atom stereocenters. The van der Waals surface area contributed by atoms with E-state index in [0.717, 1.165) is 74.4 Å².